The Balaban J connectivity index is 1.88. The summed E-state index contributed by atoms with van der Waals surface area (Å²) < 4.78 is 0. The third-order valence-electron chi connectivity index (χ3n) is 4.93. The maximum atomic E-state index is 11.6. The first-order chi connectivity index (χ1) is 9.19. The average Bonchev–Trinajstić information content (AvgIpc) is 2.93. The first-order valence-corrected chi connectivity index (χ1v) is 6.94. The predicted octanol–water partition coefficient (Wildman–Crippen LogP) is 3.36. The molecule has 3 aliphatic rings. The molecule has 0 aliphatic heterocycles. The summed E-state index contributed by atoms with van der Waals surface area (Å²) in [6.07, 6.45) is 10.0. The van der Waals surface area contributed by atoms with Crippen molar-refractivity contribution in [1.29, 1.82) is 0 Å². The van der Waals surface area contributed by atoms with Gasteiger partial charge in [0.25, 0.3) is 0 Å². The summed E-state index contributed by atoms with van der Waals surface area (Å²) in [6.45, 7) is 0. The molecule has 2 heteroatoms. The molecule has 2 nitrogen and oxygen atoms in total. The lowest BCUT2D eigenvalue weighted by Crippen LogP contribution is -2.24. The minimum absolute atomic E-state index is 0.0422. The highest BCUT2D eigenvalue weighted by atomic mass is 16.3. The standard InChI is InChI=1S/C17H16O2/c18-13-3-4-15-12(9-13)6-8-17(15)7-5-11-1-2-14(19)10-16(11)17/h1-2,4-5,7,10,12,19H,3,6,8-9H2. The van der Waals surface area contributed by atoms with Gasteiger partial charge in [0.2, 0.25) is 0 Å². The highest BCUT2D eigenvalue weighted by Gasteiger charge is 2.47. The van der Waals surface area contributed by atoms with Crippen molar-refractivity contribution in [3.8, 4) is 5.75 Å². The van der Waals surface area contributed by atoms with Crippen molar-refractivity contribution >= 4 is 11.9 Å². The van der Waals surface area contributed by atoms with E-state index in [1.807, 2.05) is 12.1 Å². The van der Waals surface area contributed by atoms with E-state index in [2.05, 4.69) is 18.2 Å². The van der Waals surface area contributed by atoms with E-state index in [1.54, 1.807) is 6.07 Å². The van der Waals surface area contributed by atoms with Gasteiger partial charge in [-0.2, -0.15) is 0 Å². The molecule has 2 unspecified atom stereocenters. The van der Waals surface area contributed by atoms with Crippen molar-refractivity contribution in [2.75, 3.05) is 0 Å². The molecule has 1 saturated carbocycles. The lowest BCUT2D eigenvalue weighted by Gasteiger charge is -2.29. The number of hydrogen-bond donors (Lipinski definition) is 1. The fourth-order valence-corrected chi connectivity index (χ4v) is 4.08. The number of ketones is 1. The van der Waals surface area contributed by atoms with Crippen LogP contribution in [0, 0.1) is 5.92 Å². The predicted molar refractivity (Wildman–Crippen MR) is 73.9 cm³/mol. The van der Waals surface area contributed by atoms with Gasteiger partial charge in [-0.1, -0.05) is 29.9 Å². The number of aromatic hydroxyl groups is 1. The Morgan fingerprint density at radius 3 is 3.11 bits per heavy atom. The largest absolute Gasteiger partial charge is 0.508 e. The maximum Gasteiger partial charge on any atom is 0.137 e. The van der Waals surface area contributed by atoms with Crippen LogP contribution in [0.25, 0.3) is 6.08 Å². The van der Waals surface area contributed by atoms with Crippen molar-refractivity contribution in [2.24, 2.45) is 5.92 Å². The smallest absolute Gasteiger partial charge is 0.137 e. The number of rotatable bonds is 0. The number of benzene rings is 1. The number of carbonyl (C=O) groups is 1. The fourth-order valence-electron chi connectivity index (χ4n) is 4.08. The molecule has 2 atom stereocenters. The molecular weight excluding hydrogens is 236 g/mol. The first-order valence-electron chi connectivity index (χ1n) is 6.94. The zero-order chi connectivity index (χ0) is 13.0. The number of phenols is 1. The van der Waals surface area contributed by atoms with Crippen molar-refractivity contribution in [2.45, 2.75) is 31.1 Å². The van der Waals surface area contributed by atoms with E-state index in [0.717, 1.165) is 12.8 Å². The topological polar surface area (TPSA) is 37.3 Å². The quantitative estimate of drug-likeness (QED) is 0.719. The highest BCUT2D eigenvalue weighted by molar-refractivity contribution is 5.83. The molecule has 0 bridgehead atoms. The molecule has 3 aliphatic carbocycles. The van der Waals surface area contributed by atoms with E-state index >= 15 is 0 Å². The van der Waals surface area contributed by atoms with E-state index in [4.69, 9.17) is 0 Å². The summed E-state index contributed by atoms with van der Waals surface area (Å²) in [5.41, 5.74) is 3.79. The van der Waals surface area contributed by atoms with Gasteiger partial charge in [-0.3, -0.25) is 4.79 Å². The lowest BCUT2D eigenvalue weighted by atomic mass is 9.73. The Bertz CT molecular complexity index is 639. The van der Waals surface area contributed by atoms with Crippen LogP contribution in [0.5, 0.6) is 5.75 Å². The Labute approximate surface area is 112 Å². The van der Waals surface area contributed by atoms with Crippen molar-refractivity contribution in [3.05, 3.63) is 47.1 Å². The molecule has 1 N–H and O–H groups in total. The molecule has 1 fully saturated rings. The summed E-state index contributed by atoms with van der Waals surface area (Å²) in [7, 11) is 0. The average molecular weight is 252 g/mol. The van der Waals surface area contributed by atoms with Gasteiger partial charge >= 0.3 is 0 Å². The van der Waals surface area contributed by atoms with Gasteiger partial charge in [-0.05, 0) is 42.0 Å². The zero-order valence-corrected chi connectivity index (χ0v) is 10.7. The third-order valence-corrected chi connectivity index (χ3v) is 4.93. The van der Waals surface area contributed by atoms with Crippen molar-refractivity contribution < 1.29 is 9.90 Å². The monoisotopic (exact) mass is 252 g/mol. The molecule has 0 radical (unpaired) electrons. The molecule has 0 aromatic heterocycles. The second-order valence-electron chi connectivity index (χ2n) is 5.92. The van der Waals surface area contributed by atoms with Crippen LogP contribution in [-0.4, -0.2) is 10.9 Å². The van der Waals surface area contributed by atoms with Crippen LogP contribution in [0.4, 0.5) is 0 Å². The minimum Gasteiger partial charge on any atom is -0.508 e. The third kappa shape index (κ3) is 1.40. The number of Topliss-reactive ketones (excluding diaryl/α,β-unsaturated/α-hetero) is 1. The molecular formula is C17H16O2. The second-order valence-corrected chi connectivity index (χ2v) is 5.92. The summed E-state index contributed by atoms with van der Waals surface area (Å²) in [5.74, 6) is 1.11. The van der Waals surface area contributed by atoms with Crippen molar-refractivity contribution in [1.82, 2.24) is 0 Å². The van der Waals surface area contributed by atoms with Gasteiger partial charge in [0, 0.05) is 18.3 Å². The minimum atomic E-state index is -0.0422. The normalized spacial score (nSPS) is 31.5. The van der Waals surface area contributed by atoms with Crippen LogP contribution in [0.2, 0.25) is 0 Å². The van der Waals surface area contributed by atoms with E-state index in [9.17, 15) is 9.90 Å². The van der Waals surface area contributed by atoms with Gasteiger partial charge in [-0.25, -0.2) is 0 Å². The molecule has 1 aromatic rings. The maximum absolute atomic E-state index is 11.6. The zero-order valence-electron chi connectivity index (χ0n) is 10.7. The Kier molecular flexibility index (Phi) is 2.09. The molecule has 1 aromatic carbocycles. The molecule has 0 saturated heterocycles. The van der Waals surface area contributed by atoms with Crippen LogP contribution in [0.15, 0.2) is 35.9 Å². The highest BCUT2D eigenvalue weighted by Crippen LogP contribution is 2.56. The molecule has 96 valence electrons. The number of carbonyl (C=O) groups excluding carboxylic acids is 1. The van der Waals surface area contributed by atoms with Crippen LogP contribution in [0.1, 0.15) is 36.8 Å². The van der Waals surface area contributed by atoms with Gasteiger partial charge in [0.15, 0.2) is 0 Å². The fraction of sp³-hybridized carbons (Fsp3) is 0.353. The van der Waals surface area contributed by atoms with Crippen LogP contribution < -0.4 is 0 Å². The van der Waals surface area contributed by atoms with E-state index in [1.165, 1.54) is 16.7 Å². The molecule has 0 amide bonds. The Hall–Kier alpha value is -1.83. The van der Waals surface area contributed by atoms with Crippen molar-refractivity contribution in [3.63, 3.8) is 0 Å². The molecule has 19 heavy (non-hydrogen) atoms. The summed E-state index contributed by atoms with van der Waals surface area (Å²) >= 11 is 0. The first kappa shape index (κ1) is 11.0. The van der Waals surface area contributed by atoms with E-state index in [0.29, 0.717) is 30.3 Å². The summed E-state index contributed by atoms with van der Waals surface area (Å²) in [5, 5.41) is 9.78. The van der Waals surface area contributed by atoms with Gasteiger partial charge in [-0.15, -0.1) is 0 Å². The van der Waals surface area contributed by atoms with E-state index < -0.39 is 0 Å². The van der Waals surface area contributed by atoms with E-state index in [-0.39, 0.29) is 5.41 Å². The molecule has 1 spiro atoms. The Morgan fingerprint density at radius 1 is 1.32 bits per heavy atom. The molecule has 0 heterocycles. The number of phenolic OH excluding ortho intramolecular Hbond substituents is 1. The second kappa shape index (κ2) is 3.60. The summed E-state index contributed by atoms with van der Waals surface area (Å²) in [6, 6.07) is 5.63. The SMILES string of the molecule is O=C1CC=C2C(CCC23C=Cc2ccc(O)cc23)C1. The lowest BCUT2D eigenvalue weighted by molar-refractivity contribution is -0.119. The molecule has 4 rings (SSSR count). The van der Waals surface area contributed by atoms with Crippen LogP contribution in [0.3, 0.4) is 0 Å². The van der Waals surface area contributed by atoms with Gasteiger partial charge < -0.3 is 5.11 Å². The Morgan fingerprint density at radius 2 is 2.21 bits per heavy atom. The van der Waals surface area contributed by atoms with Crippen LogP contribution in [-0.2, 0) is 10.2 Å². The van der Waals surface area contributed by atoms with Crippen LogP contribution >= 0.6 is 0 Å². The number of allylic oxidation sites excluding steroid dienone is 3. The van der Waals surface area contributed by atoms with Gasteiger partial charge in [0.05, 0.1) is 0 Å². The summed E-state index contributed by atoms with van der Waals surface area (Å²) in [4.78, 5) is 11.6. The number of hydrogen-bond acceptors (Lipinski definition) is 2. The van der Waals surface area contributed by atoms with Gasteiger partial charge in [0.1, 0.15) is 11.5 Å². The number of fused-ring (bicyclic) bond motifs is 4.